The van der Waals surface area contributed by atoms with Gasteiger partial charge in [0.05, 0.1) is 34.2 Å². The average molecular weight is 1790 g/mol. The molecule has 0 atom stereocenters. The number of rotatable bonds is 22. The average Bonchev–Trinajstić information content (AvgIpc) is 0.767. The summed E-state index contributed by atoms with van der Waals surface area (Å²) in [6.07, 6.45) is 13.9. The maximum Gasteiger partial charge on any atom is 0.116 e. The van der Waals surface area contributed by atoms with Crippen LogP contribution in [0, 0.1) is 49.4 Å². The van der Waals surface area contributed by atoms with E-state index in [-0.39, 0.29) is 21.7 Å². The van der Waals surface area contributed by atoms with Crippen LogP contribution in [0.15, 0.2) is 389 Å². The van der Waals surface area contributed by atoms with Crippen molar-refractivity contribution in [1.29, 1.82) is 0 Å². The van der Waals surface area contributed by atoms with Crippen molar-refractivity contribution < 1.29 is 0 Å². The van der Waals surface area contributed by atoms with Crippen LogP contribution in [0.5, 0.6) is 0 Å². The topological polar surface area (TPSA) is 77.3 Å². The molecule has 19 aromatic rings. The van der Waals surface area contributed by atoms with Crippen molar-refractivity contribution in [2.75, 3.05) is 0 Å². The molecule has 0 bridgehead atoms. The van der Waals surface area contributed by atoms with Crippen LogP contribution >= 0.6 is 0 Å². The molecule has 19 rings (SSSR count). The fraction of sp³-hybridized carbons (Fsp3) is 0.182. The summed E-state index contributed by atoms with van der Waals surface area (Å²) in [6.45, 7) is 36.3. The molecule has 0 radical (unpaired) electrons. The zero-order valence-corrected chi connectivity index (χ0v) is 82.5. The molecule has 138 heavy (non-hydrogen) atoms. The van der Waals surface area contributed by atoms with Crippen LogP contribution in [0.25, 0.3) is 201 Å². The monoisotopic (exact) mass is 1790 g/mol. The lowest BCUT2D eigenvalue weighted by Gasteiger charge is -2.19. The first-order chi connectivity index (χ1) is 66.5. The smallest absolute Gasteiger partial charge is 0.116 e. The lowest BCUT2D eigenvalue weighted by molar-refractivity contribution is 0.409. The maximum atomic E-state index is 5.02. The van der Waals surface area contributed by atoms with Gasteiger partial charge in [0.1, 0.15) is 6.33 Å². The molecular weight excluding hydrogens is 1670 g/mol. The first-order valence-electron chi connectivity index (χ1n) is 48.6. The highest BCUT2D eigenvalue weighted by atomic mass is 14.8. The minimum Gasteiger partial charge on any atom is -0.256 e. The Hall–Kier alpha value is -15.2. The summed E-state index contributed by atoms with van der Waals surface area (Å²) in [5, 5.41) is 0. The van der Waals surface area contributed by atoms with E-state index in [9.17, 15) is 0 Å². The van der Waals surface area contributed by atoms with Crippen molar-refractivity contribution in [2.24, 2.45) is 21.7 Å². The number of hydrogen-bond acceptors (Lipinski definition) is 6. The third kappa shape index (κ3) is 20.8. The number of aromatic nitrogens is 6. The summed E-state index contributed by atoms with van der Waals surface area (Å²) in [6, 6.07) is 132. The Balaban J connectivity index is 0.638. The Morgan fingerprint density at radius 3 is 0.435 bits per heavy atom. The molecule has 0 amide bonds. The number of benzene rings is 14. The number of pyridine rings is 4. The van der Waals surface area contributed by atoms with Crippen LogP contribution < -0.4 is 0 Å². The van der Waals surface area contributed by atoms with E-state index < -0.39 is 0 Å². The molecule has 0 fully saturated rings. The molecule has 14 aromatic carbocycles. The second-order valence-corrected chi connectivity index (χ2v) is 42.6. The van der Waals surface area contributed by atoms with Crippen molar-refractivity contribution in [3.63, 3.8) is 0 Å². The molecule has 0 saturated heterocycles. The van der Waals surface area contributed by atoms with Crippen molar-refractivity contribution in [1.82, 2.24) is 29.9 Å². The molecule has 0 N–H and O–H groups in total. The SMILES string of the molecule is Cc1cc(-c2ccc(-c3ccccc3-c3cc(-c4ccccc4-c4ccc(-c5cc(-c6ccc(-c7ccccc7-c7cc(-c8ccccc8-c8ccc(-c9cc(C)c(CC(C)(C)C)cn9)cc8)cc(-c8ccccc8-c8ccc(-c9cc(C)c(CC(C)(C)C)cn9)cc8)c7)cc6)ncn5)cc4)cc(-c4ccccc4-c4ccc(-c5cc(C)c(CC(C)(C)C)cn5)cc4)c3)cc2)ncc1CC(C)(C)C. The molecule has 0 unspecified atom stereocenters. The van der Waals surface area contributed by atoms with E-state index >= 15 is 0 Å². The zero-order chi connectivity index (χ0) is 95.7. The summed E-state index contributed by atoms with van der Waals surface area (Å²) in [5.41, 5.74) is 50.0. The molecular formula is C132H120N6. The molecule has 5 aromatic heterocycles. The summed E-state index contributed by atoms with van der Waals surface area (Å²) >= 11 is 0. The Kier molecular flexibility index (Phi) is 25.6. The minimum absolute atomic E-state index is 0.168. The third-order valence-electron chi connectivity index (χ3n) is 26.7. The Morgan fingerprint density at radius 2 is 0.290 bits per heavy atom. The Labute approximate surface area is 817 Å². The van der Waals surface area contributed by atoms with Crippen LogP contribution in [0.1, 0.15) is 128 Å². The van der Waals surface area contributed by atoms with Crippen molar-refractivity contribution in [2.45, 2.75) is 136 Å². The van der Waals surface area contributed by atoms with Gasteiger partial charge in [0, 0.05) is 58.2 Å². The molecule has 0 aliphatic heterocycles. The summed E-state index contributed by atoms with van der Waals surface area (Å²) in [4.78, 5) is 30.0. The molecule has 678 valence electrons. The first-order valence-corrected chi connectivity index (χ1v) is 48.6. The highest BCUT2D eigenvalue weighted by molar-refractivity contribution is 5.98. The van der Waals surface area contributed by atoms with Gasteiger partial charge in [-0.05, 0) is 320 Å². The summed E-state index contributed by atoms with van der Waals surface area (Å²) in [7, 11) is 0. The second-order valence-electron chi connectivity index (χ2n) is 42.6. The van der Waals surface area contributed by atoms with Crippen molar-refractivity contribution in [3.05, 3.63) is 434 Å². The van der Waals surface area contributed by atoms with Gasteiger partial charge in [0.25, 0.3) is 0 Å². The largest absolute Gasteiger partial charge is 0.256 e. The van der Waals surface area contributed by atoms with E-state index in [1.807, 2.05) is 0 Å². The summed E-state index contributed by atoms with van der Waals surface area (Å²) in [5.74, 6) is 0. The highest BCUT2D eigenvalue weighted by Gasteiger charge is 2.25. The van der Waals surface area contributed by atoms with Crippen molar-refractivity contribution >= 4 is 0 Å². The standard InChI is InChI=1S/C132H120N6/c1-85-65-123(133-80-107(85)76-129(5,6)7)95-53-41-89(42-54-95)111-29-17-23-35-117(111)101-69-102(118-36-24-18-30-112(118)90-43-55-96(56-44-90)124-66-86(2)108(81-134-124)77-130(8,9)10)72-105(71-101)121-39-27-21-33-115(121)93-49-61-99(62-50-93)127-75-128(138-84-137-127)100-63-51-94(52-64-100)116-34-22-28-40-122(116)106-73-103(119-37-25-19-31-113(119)91-45-57-97(58-46-91)125-67-87(3)109(82-135-125)78-131(11,12)13)70-104(74-106)120-38-26-20-32-114(120)92-47-59-98(60-48-92)126-68-88(4)110(83-136-126)79-132(14,15)16/h17-75,80-84H,76-79H2,1-16H3. The van der Waals surface area contributed by atoms with E-state index in [1.54, 1.807) is 6.33 Å². The quantitative estimate of drug-likeness (QED) is 0.0673. The molecule has 5 heterocycles. The van der Waals surface area contributed by atoms with Gasteiger partial charge in [-0.2, -0.15) is 0 Å². The predicted octanol–water partition coefficient (Wildman–Crippen LogP) is 35.7. The number of aryl methyl sites for hydroxylation is 4. The molecule has 6 nitrogen and oxygen atoms in total. The molecule has 0 spiro atoms. The minimum atomic E-state index is 0.168. The van der Waals surface area contributed by atoms with Crippen LogP contribution in [0.3, 0.4) is 0 Å². The van der Waals surface area contributed by atoms with Crippen LogP contribution in [-0.4, -0.2) is 29.9 Å². The molecule has 0 saturated carbocycles. The molecule has 6 heteroatoms. The summed E-state index contributed by atoms with van der Waals surface area (Å²) < 4.78 is 0. The fourth-order valence-corrected chi connectivity index (χ4v) is 19.7. The van der Waals surface area contributed by atoms with E-state index in [0.717, 1.165) is 227 Å². The van der Waals surface area contributed by atoms with Gasteiger partial charge in [0.15, 0.2) is 0 Å². The third-order valence-corrected chi connectivity index (χ3v) is 26.7. The first kappa shape index (κ1) is 91.9. The maximum absolute atomic E-state index is 5.02. The van der Waals surface area contributed by atoms with E-state index in [2.05, 4.69) is 493 Å². The fourth-order valence-electron chi connectivity index (χ4n) is 19.7. The lowest BCUT2D eigenvalue weighted by Crippen LogP contribution is -2.10. The molecule has 0 aliphatic carbocycles. The number of nitrogens with zero attached hydrogens (tertiary/aromatic N) is 6. The van der Waals surface area contributed by atoms with Gasteiger partial charge in [-0.25, -0.2) is 9.97 Å². The van der Waals surface area contributed by atoms with Crippen molar-refractivity contribution in [3.8, 4) is 201 Å². The van der Waals surface area contributed by atoms with Gasteiger partial charge in [-0.1, -0.05) is 374 Å². The second kappa shape index (κ2) is 38.5. The predicted molar refractivity (Wildman–Crippen MR) is 583 cm³/mol. The van der Waals surface area contributed by atoms with Gasteiger partial charge in [-0.15, -0.1) is 0 Å². The van der Waals surface area contributed by atoms with E-state index in [1.165, 1.54) is 44.5 Å². The van der Waals surface area contributed by atoms with Crippen LogP contribution in [0.2, 0.25) is 0 Å². The van der Waals surface area contributed by atoms with Gasteiger partial charge in [-0.3, -0.25) is 19.9 Å². The highest BCUT2D eigenvalue weighted by Crippen LogP contribution is 2.48. The van der Waals surface area contributed by atoms with E-state index in [4.69, 9.17) is 29.9 Å². The number of hydrogen-bond donors (Lipinski definition) is 0. The van der Waals surface area contributed by atoms with Gasteiger partial charge >= 0.3 is 0 Å². The normalized spacial score (nSPS) is 11.9. The van der Waals surface area contributed by atoms with Crippen LogP contribution in [-0.2, 0) is 25.7 Å². The lowest BCUT2D eigenvalue weighted by atomic mass is 9.86. The zero-order valence-electron chi connectivity index (χ0n) is 82.5. The van der Waals surface area contributed by atoms with Crippen LogP contribution in [0.4, 0.5) is 0 Å². The molecule has 0 aliphatic rings. The Bertz CT molecular complexity index is 6900. The van der Waals surface area contributed by atoms with Gasteiger partial charge < -0.3 is 0 Å². The Morgan fingerprint density at radius 1 is 0.152 bits per heavy atom. The van der Waals surface area contributed by atoms with Gasteiger partial charge in [0.2, 0.25) is 0 Å². The van der Waals surface area contributed by atoms with E-state index in [0.29, 0.717) is 0 Å².